The summed E-state index contributed by atoms with van der Waals surface area (Å²) in [4.78, 5) is 10.8. The van der Waals surface area contributed by atoms with Gasteiger partial charge in [-0.2, -0.15) is 0 Å². The highest BCUT2D eigenvalue weighted by Gasteiger charge is 2.05. The Bertz CT molecular complexity index is 159. The minimum atomic E-state index is -0.526. The van der Waals surface area contributed by atoms with E-state index in [1.165, 1.54) is 0 Å². The van der Waals surface area contributed by atoms with Crippen LogP contribution in [-0.2, 0) is 4.74 Å². The predicted molar refractivity (Wildman–Crippen MR) is 50.5 cm³/mol. The van der Waals surface area contributed by atoms with Gasteiger partial charge in [0.25, 0.3) is 0 Å². The number of amides is 1. The van der Waals surface area contributed by atoms with Crippen molar-refractivity contribution in [2.45, 2.75) is 25.9 Å². The molecule has 0 fully saturated rings. The van der Waals surface area contributed by atoms with Gasteiger partial charge in [0.1, 0.15) is 0 Å². The van der Waals surface area contributed by atoms with Crippen LogP contribution in [0.25, 0.3) is 0 Å². The molecule has 2 N–H and O–H groups in total. The number of aliphatic hydroxyl groups excluding tert-OH is 1. The lowest BCUT2D eigenvalue weighted by Gasteiger charge is -2.10. The second-order valence-electron chi connectivity index (χ2n) is 2.62. The molecule has 0 unspecified atom stereocenters. The highest BCUT2D eigenvalue weighted by molar-refractivity contribution is 5.67. The highest BCUT2D eigenvalue weighted by atomic mass is 16.5. The third-order valence-corrected chi connectivity index (χ3v) is 1.46. The highest BCUT2D eigenvalue weighted by Crippen LogP contribution is 1.95. The van der Waals surface area contributed by atoms with Gasteiger partial charge < -0.3 is 15.2 Å². The van der Waals surface area contributed by atoms with E-state index in [0.29, 0.717) is 13.0 Å². The summed E-state index contributed by atoms with van der Waals surface area (Å²) in [6, 6.07) is 0. The molecule has 0 spiro atoms. The molecule has 0 saturated carbocycles. The summed E-state index contributed by atoms with van der Waals surface area (Å²) in [5.41, 5.74) is 0. The number of carbonyl (C=O) groups is 1. The van der Waals surface area contributed by atoms with Crippen molar-refractivity contribution in [1.29, 1.82) is 0 Å². The first-order valence-electron chi connectivity index (χ1n) is 4.40. The van der Waals surface area contributed by atoms with Gasteiger partial charge in [-0.3, -0.25) is 0 Å². The lowest BCUT2D eigenvalue weighted by molar-refractivity contribution is 0.131. The third kappa shape index (κ3) is 7.33. The molecule has 76 valence electrons. The topological polar surface area (TPSA) is 58.6 Å². The van der Waals surface area contributed by atoms with E-state index in [1.54, 1.807) is 13.0 Å². The average Bonchev–Trinajstić information content (AvgIpc) is 2.12. The molecule has 13 heavy (non-hydrogen) atoms. The largest absolute Gasteiger partial charge is 0.450 e. The van der Waals surface area contributed by atoms with Gasteiger partial charge in [-0.05, 0) is 19.8 Å². The van der Waals surface area contributed by atoms with Crippen LogP contribution < -0.4 is 5.32 Å². The van der Waals surface area contributed by atoms with Crippen molar-refractivity contribution in [3.63, 3.8) is 0 Å². The molecule has 0 aromatic heterocycles. The number of aliphatic hydroxyl groups is 1. The van der Waals surface area contributed by atoms with Crippen molar-refractivity contribution < 1.29 is 14.6 Å². The Morgan fingerprint density at radius 2 is 2.46 bits per heavy atom. The Hall–Kier alpha value is -1.03. The lowest BCUT2D eigenvalue weighted by atomic mass is 10.2. The maximum absolute atomic E-state index is 10.8. The van der Waals surface area contributed by atoms with Crippen molar-refractivity contribution in [2.24, 2.45) is 0 Å². The van der Waals surface area contributed by atoms with E-state index in [2.05, 4.69) is 16.6 Å². The quantitative estimate of drug-likeness (QED) is 0.611. The number of ether oxygens (including phenoxy) is 1. The first kappa shape index (κ1) is 12.0. The van der Waals surface area contributed by atoms with Gasteiger partial charge in [-0.15, -0.1) is 6.58 Å². The van der Waals surface area contributed by atoms with Crippen LogP contribution in [0.2, 0.25) is 0 Å². The number of hydrogen-bond acceptors (Lipinski definition) is 3. The molecule has 4 nitrogen and oxygen atoms in total. The average molecular weight is 187 g/mol. The predicted octanol–water partition coefficient (Wildman–Crippen LogP) is 1.06. The Kier molecular flexibility index (Phi) is 7.01. The SMILES string of the molecule is C=CCC[C@H](O)CNC(=O)OCC. The van der Waals surface area contributed by atoms with E-state index < -0.39 is 12.2 Å². The zero-order valence-corrected chi connectivity index (χ0v) is 7.95. The van der Waals surface area contributed by atoms with Gasteiger partial charge in [0.15, 0.2) is 0 Å². The summed E-state index contributed by atoms with van der Waals surface area (Å²) >= 11 is 0. The molecule has 0 radical (unpaired) electrons. The molecule has 0 bridgehead atoms. The number of carbonyl (C=O) groups excluding carboxylic acids is 1. The van der Waals surface area contributed by atoms with Gasteiger partial charge in [0.2, 0.25) is 0 Å². The van der Waals surface area contributed by atoms with E-state index in [9.17, 15) is 9.90 Å². The lowest BCUT2D eigenvalue weighted by Crippen LogP contribution is -2.32. The number of nitrogens with one attached hydrogen (secondary N) is 1. The summed E-state index contributed by atoms with van der Waals surface area (Å²) in [5.74, 6) is 0. The minimum Gasteiger partial charge on any atom is -0.450 e. The number of alkyl carbamates (subject to hydrolysis) is 1. The second kappa shape index (κ2) is 7.61. The van der Waals surface area contributed by atoms with E-state index in [1.807, 2.05) is 0 Å². The van der Waals surface area contributed by atoms with Crippen molar-refractivity contribution in [3.05, 3.63) is 12.7 Å². The Morgan fingerprint density at radius 3 is 3.00 bits per heavy atom. The normalized spacial score (nSPS) is 11.8. The zero-order chi connectivity index (χ0) is 10.1. The van der Waals surface area contributed by atoms with Crippen LogP contribution in [0.15, 0.2) is 12.7 Å². The van der Waals surface area contributed by atoms with Gasteiger partial charge in [0.05, 0.1) is 12.7 Å². The summed E-state index contributed by atoms with van der Waals surface area (Å²) in [6.07, 6.45) is 2.07. The van der Waals surface area contributed by atoms with E-state index in [-0.39, 0.29) is 6.54 Å². The second-order valence-corrected chi connectivity index (χ2v) is 2.62. The van der Waals surface area contributed by atoms with Crippen LogP contribution in [0.3, 0.4) is 0 Å². The number of hydrogen-bond donors (Lipinski definition) is 2. The van der Waals surface area contributed by atoms with Crippen LogP contribution in [0.1, 0.15) is 19.8 Å². The van der Waals surface area contributed by atoms with Crippen molar-refractivity contribution in [2.75, 3.05) is 13.2 Å². The van der Waals surface area contributed by atoms with Crippen LogP contribution in [0, 0.1) is 0 Å². The molecular weight excluding hydrogens is 170 g/mol. The monoisotopic (exact) mass is 187 g/mol. The van der Waals surface area contributed by atoms with Crippen LogP contribution in [-0.4, -0.2) is 30.5 Å². The maximum atomic E-state index is 10.8. The molecule has 4 heteroatoms. The van der Waals surface area contributed by atoms with Gasteiger partial charge in [0, 0.05) is 6.54 Å². The van der Waals surface area contributed by atoms with Crippen LogP contribution in [0.5, 0.6) is 0 Å². The number of allylic oxidation sites excluding steroid dienone is 1. The molecule has 0 rings (SSSR count). The number of rotatable bonds is 6. The van der Waals surface area contributed by atoms with Gasteiger partial charge in [-0.25, -0.2) is 4.79 Å². The van der Waals surface area contributed by atoms with Crippen molar-refractivity contribution >= 4 is 6.09 Å². The van der Waals surface area contributed by atoms with E-state index in [0.717, 1.165) is 6.42 Å². The summed E-state index contributed by atoms with van der Waals surface area (Å²) < 4.78 is 4.62. The summed E-state index contributed by atoms with van der Waals surface area (Å²) in [6.45, 7) is 5.83. The molecule has 1 atom stereocenters. The van der Waals surface area contributed by atoms with Crippen LogP contribution in [0.4, 0.5) is 4.79 Å². The van der Waals surface area contributed by atoms with Crippen molar-refractivity contribution in [1.82, 2.24) is 5.32 Å². The Morgan fingerprint density at radius 1 is 1.77 bits per heavy atom. The Labute approximate surface area is 78.6 Å². The molecule has 0 aromatic rings. The molecule has 0 aromatic carbocycles. The molecule has 0 aliphatic rings. The zero-order valence-electron chi connectivity index (χ0n) is 7.95. The van der Waals surface area contributed by atoms with E-state index in [4.69, 9.17) is 0 Å². The molecule has 0 aliphatic carbocycles. The first-order valence-corrected chi connectivity index (χ1v) is 4.40. The molecule has 0 saturated heterocycles. The standard InChI is InChI=1S/C9H17NO3/c1-3-5-6-8(11)7-10-9(12)13-4-2/h3,8,11H,1,4-7H2,2H3,(H,10,12)/t8-/m0/s1. The third-order valence-electron chi connectivity index (χ3n) is 1.46. The van der Waals surface area contributed by atoms with Crippen molar-refractivity contribution in [3.8, 4) is 0 Å². The fourth-order valence-corrected chi connectivity index (χ4v) is 0.796. The first-order chi connectivity index (χ1) is 6.20. The van der Waals surface area contributed by atoms with Gasteiger partial charge in [-0.1, -0.05) is 6.08 Å². The van der Waals surface area contributed by atoms with E-state index >= 15 is 0 Å². The maximum Gasteiger partial charge on any atom is 0.407 e. The Balaban J connectivity index is 3.39. The van der Waals surface area contributed by atoms with Gasteiger partial charge >= 0.3 is 6.09 Å². The smallest absolute Gasteiger partial charge is 0.407 e. The fraction of sp³-hybridized carbons (Fsp3) is 0.667. The van der Waals surface area contributed by atoms with Crippen LogP contribution >= 0.6 is 0 Å². The molecule has 0 heterocycles. The summed E-state index contributed by atoms with van der Waals surface area (Å²) in [7, 11) is 0. The molecule has 1 amide bonds. The fourth-order valence-electron chi connectivity index (χ4n) is 0.796. The summed E-state index contributed by atoms with van der Waals surface area (Å²) in [5, 5.41) is 11.7. The molecule has 0 aliphatic heterocycles. The minimum absolute atomic E-state index is 0.229. The molecular formula is C9H17NO3.